The highest BCUT2D eigenvalue weighted by Gasteiger charge is 2.55. The molecular weight excluding hydrogens is 550 g/mol. The monoisotopic (exact) mass is 579 g/mol. The van der Waals surface area contributed by atoms with E-state index >= 15 is 0 Å². The third-order valence-electron chi connectivity index (χ3n) is 8.53. The maximum atomic E-state index is 13.5. The van der Waals surface area contributed by atoms with Crippen molar-refractivity contribution in [1.82, 2.24) is 10.4 Å². The zero-order valence-corrected chi connectivity index (χ0v) is 23.6. The number of hydrogen-bond donors (Lipinski definition) is 1. The molecule has 2 aromatic carbocycles. The largest absolute Gasteiger partial charge is 0.493 e. The molecule has 0 aromatic heterocycles. The van der Waals surface area contributed by atoms with E-state index in [2.05, 4.69) is 5.43 Å². The van der Waals surface area contributed by atoms with Gasteiger partial charge in [0.15, 0.2) is 15.8 Å². The molecular formula is C29H29N3O6S2. The van der Waals surface area contributed by atoms with Gasteiger partial charge in [-0.25, -0.2) is 0 Å². The zero-order valence-electron chi connectivity index (χ0n) is 22.0. The van der Waals surface area contributed by atoms with Gasteiger partial charge in [0, 0.05) is 12.1 Å². The highest BCUT2D eigenvalue weighted by molar-refractivity contribution is 8.26. The van der Waals surface area contributed by atoms with Crippen LogP contribution >= 0.6 is 24.0 Å². The van der Waals surface area contributed by atoms with E-state index in [1.54, 1.807) is 36.4 Å². The van der Waals surface area contributed by atoms with Crippen molar-refractivity contribution in [1.29, 1.82) is 0 Å². The lowest BCUT2D eigenvalue weighted by atomic mass is 9.49. The van der Waals surface area contributed by atoms with Crippen molar-refractivity contribution in [2.24, 2.45) is 23.2 Å². The molecule has 1 aliphatic heterocycles. The van der Waals surface area contributed by atoms with Crippen LogP contribution < -0.4 is 14.9 Å². The second-order valence-electron chi connectivity index (χ2n) is 11.3. The van der Waals surface area contributed by atoms with Gasteiger partial charge in [-0.3, -0.25) is 25.1 Å². The minimum absolute atomic E-state index is 0.00477. The molecule has 4 saturated carbocycles. The number of thioether (sulfide) groups is 1. The van der Waals surface area contributed by atoms with Crippen LogP contribution in [0.25, 0.3) is 6.08 Å². The van der Waals surface area contributed by atoms with Crippen molar-refractivity contribution in [3.8, 4) is 11.5 Å². The molecule has 0 spiro atoms. The summed E-state index contributed by atoms with van der Waals surface area (Å²) in [6.07, 6.45) is 8.14. The molecule has 0 radical (unpaired) electrons. The molecule has 11 heteroatoms. The van der Waals surface area contributed by atoms with Crippen molar-refractivity contribution in [3.63, 3.8) is 0 Å². The maximum absolute atomic E-state index is 13.5. The number of rotatable bonds is 8. The average molecular weight is 580 g/mol. The van der Waals surface area contributed by atoms with E-state index in [9.17, 15) is 19.7 Å². The summed E-state index contributed by atoms with van der Waals surface area (Å²) in [4.78, 5) is 37.7. The Hall–Kier alpha value is -3.44. The first-order valence-corrected chi connectivity index (χ1v) is 14.6. The molecule has 7 rings (SSSR count). The summed E-state index contributed by atoms with van der Waals surface area (Å²) in [5.41, 5.74) is 3.85. The van der Waals surface area contributed by atoms with Gasteiger partial charge in [-0.2, -0.15) is 5.01 Å². The standard InChI is InChI=1S/C29H29N3O6S2/c1-37-24-11-17(5-6-23(24)38-16-18-3-2-4-22(10-18)32(35)36)12-25-26(33)31(28(39)40-25)30-27(34)29-13-19-7-20(14-29)9-21(8-19)15-29/h2-6,10-12,19-21H,7-9,13-16H2,1H3,(H,30,34)/b25-12+. The van der Waals surface area contributed by atoms with Gasteiger partial charge in [0.2, 0.25) is 5.91 Å². The average Bonchev–Trinajstić information content (AvgIpc) is 3.18. The van der Waals surface area contributed by atoms with Crippen molar-refractivity contribution in [2.75, 3.05) is 7.11 Å². The number of benzene rings is 2. The predicted molar refractivity (Wildman–Crippen MR) is 154 cm³/mol. The molecule has 1 saturated heterocycles. The molecule has 208 valence electrons. The number of nitro groups is 1. The third-order valence-corrected chi connectivity index (χ3v) is 9.83. The lowest BCUT2D eigenvalue weighted by molar-refractivity contribution is -0.384. The Morgan fingerprint density at radius 2 is 1.85 bits per heavy atom. The molecule has 40 heavy (non-hydrogen) atoms. The third kappa shape index (κ3) is 5.08. The number of hydrogen-bond acceptors (Lipinski definition) is 8. The van der Waals surface area contributed by atoms with Gasteiger partial charge in [0.1, 0.15) is 6.61 Å². The normalized spacial score (nSPS) is 27.8. The van der Waals surface area contributed by atoms with Crippen LogP contribution in [0.15, 0.2) is 47.4 Å². The fourth-order valence-corrected chi connectivity index (χ4v) is 8.32. The number of nitro benzene ring substituents is 1. The Kier molecular flexibility index (Phi) is 7.03. The summed E-state index contributed by atoms with van der Waals surface area (Å²) >= 11 is 6.63. The summed E-state index contributed by atoms with van der Waals surface area (Å²) in [7, 11) is 1.51. The van der Waals surface area contributed by atoms with Gasteiger partial charge in [-0.1, -0.05) is 30.0 Å². The fraction of sp³-hybridized carbons (Fsp3) is 0.414. The van der Waals surface area contributed by atoms with E-state index in [-0.39, 0.29) is 29.5 Å². The molecule has 2 amide bonds. The lowest BCUT2D eigenvalue weighted by Crippen LogP contribution is -2.57. The van der Waals surface area contributed by atoms with Crippen molar-refractivity contribution in [3.05, 3.63) is 68.6 Å². The Morgan fingerprint density at radius 1 is 1.15 bits per heavy atom. The van der Waals surface area contributed by atoms with Crippen LogP contribution in [-0.2, 0) is 16.2 Å². The van der Waals surface area contributed by atoms with E-state index in [4.69, 9.17) is 21.7 Å². The van der Waals surface area contributed by atoms with E-state index in [1.807, 2.05) is 0 Å². The Labute approximate surface area is 241 Å². The molecule has 2 aromatic rings. The number of hydrazine groups is 1. The second kappa shape index (κ2) is 10.5. The zero-order chi connectivity index (χ0) is 28.0. The Morgan fingerprint density at radius 3 is 2.50 bits per heavy atom. The second-order valence-corrected chi connectivity index (χ2v) is 13.0. The SMILES string of the molecule is COc1cc(/C=C2/SC(=S)N(NC(=O)C34CC5CC(CC(C5)C3)C4)C2=O)ccc1OCc1cccc([N+](=O)[O-])c1. The number of methoxy groups -OCH3 is 1. The van der Waals surface area contributed by atoms with Crippen LogP contribution in [0, 0.1) is 33.3 Å². The first kappa shape index (κ1) is 26.8. The van der Waals surface area contributed by atoms with Gasteiger partial charge in [-0.15, -0.1) is 0 Å². The molecule has 9 nitrogen and oxygen atoms in total. The Balaban J connectivity index is 1.13. The molecule has 5 aliphatic rings. The van der Waals surface area contributed by atoms with Gasteiger partial charge in [-0.05, 0) is 97.8 Å². The molecule has 5 fully saturated rings. The number of carbonyl (C=O) groups excluding carboxylic acids is 2. The smallest absolute Gasteiger partial charge is 0.285 e. The van der Waals surface area contributed by atoms with Gasteiger partial charge < -0.3 is 9.47 Å². The summed E-state index contributed by atoms with van der Waals surface area (Å²) in [6.45, 7) is 0.124. The summed E-state index contributed by atoms with van der Waals surface area (Å²) < 4.78 is 11.7. The van der Waals surface area contributed by atoms with Gasteiger partial charge in [0.25, 0.3) is 11.6 Å². The van der Waals surface area contributed by atoms with Crippen LogP contribution in [0.1, 0.15) is 49.7 Å². The number of nitrogens with one attached hydrogen (secondary N) is 1. The molecule has 1 heterocycles. The highest BCUT2D eigenvalue weighted by atomic mass is 32.2. The number of ether oxygens (including phenoxy) is 2. The van der Waals surface area contributed by atoms with Crippen LogP contribution in [0.4, 0.5) is 5.69 Å². The first-order chi connectivity index (χ1) is 19.2. The quantitative estimate of drug-likeness (QED) is 0.185. The number of amides is 2. The minimum atomic E-state index is -0.448. The van der Waals surface area contributed by atoms with E-state index < -0.39 is 4.92 Å². The lowest BCUT2D eigenvalue weighted by Gasteiger charge is -2.55. The van der Waals surface area contributed by atoms with Crippen LogP contribution in [0.2, 0.25) is 0 Å². The van der Waals surface area contributed by atoms with E-state index in [1.165, 1.54) is 43.5 Å². The molecule has 0 unspecified atom stereocenters. The summed E-state index contributed by atoms with van der Waals surface area (Å²) in [6, 6.07) is 11.5. The molecule has 4 bridgehead atoms. The van der Waals surface area contributed by atoms with Crippen molar-refractivity contribution >= 4 is 51.9 Å². The topological polar surface area (TPSA) is 111 Å². The predicted octanol–water partition coefficient (Wildman–Crippen LogP) is 5.63. The number of nitrogens with zero attached hydrogens (tertiary/aromatic N) is 2. The van der Waals surface area contributed by atoms with Gasteiger partial charge in [0.05, 0.1) is 22.4 Å². The molecule has 0 atom stereocenters. The fourth-order valence-electron chi connectivity index (χ4n) is 7.14. The first-order valence-electron chi connectivity index (χ1n) is 13.4. The van der Waals surface area contributed by atoms with E-state index in [0.29, 0.717) is 49.6 Å². The molecule has 4 aliphatic carbocycles. The van der Waals surface area contributed by atoms with Crippen LogP contribution in [-0.4, -0.2) is 33.2 Å². The summed E-state index contributed by atoms with van der Waals surface area (Å²) in [5.74, 6) is 2.35. The van der Waals surface area contributed by atoms with Crippen LogP contribution in [0.5, 0.6) is 11.5 Å². The molecule has 1 N–H and O–H groups in total. The maximum Gasteiger partial charge on any atom is 0.285 e. The summed E-state index contributed by atoms with van der Waals surface area (Å²) in [5, 5.41) is 12.3. The minimum Gasteiger partial charge on any atom is -0.493 e. The highest BCUT2D eigenvalue weighted by Crippen LogP contribution is 2.60. The van der Waals surface area contributed by atoms with E-state index in [0.717, 1.165) is 31.0 Å². The van der Waals surface area contributed by atoms with Crippen molar-refractivity contribution in [2.45, 2.75) is 45.1 Å². The number of non-ortho nitro benzene ring substituents is 1. The van der Waals surface area contributed by atoms with Gasteiger partial charge >= 0.3 is 0 Å². The van der Waals surface area contributed by atoms with Crippen molar-refractivity contribution < 1.29 is 24.0 Å². The number of carbonyl (C=O) groups is 2. The number of thiocarbonyl (C=S) groups is 1. The van der Waals surface area contributed by atoms with Crippen LogP contribution in [0.3, 0.4) is 0 Å². The Bertz CT molecular complexity index is 1410.